The number of hydrogen-bond acceptors (Lipinski definition) is 8. The van der Waals surface area contributed by atoms with Crippen LogP contribution in [0.15, 0.2) is 24.3 Å². The van der Waals surface area contributed by atoms with E-state index in [2.05, 4.69) is 0 Å². The standard InChI is InChI=1S/C20H31NO7S2/c1-24-8-9-26-10-11-27-12-14-30(23)16-19(22)21-7-13-29-20(21)15-28-18-6-4-3-5-17(18)25-2/h3-6,20H,7-16H2,1-2H3/t20-,30?/m0/s1. The number of benzene rings is 1. The van der Waals surface area contributed by atoms with Crippen molar-refractivity contribution in [1.29, 1.82) is 0 Å². The molecule has 10 heteroatoms. The summed E-state index contributed by atoms with van der Waals surface area (Å²) in [6.45, 7) is 3.30. The fourth-order valence-corrected chi connectivity index (χ4v) is 4.78. The van der Waals surface area contributed by atoms with Crippen LogP contribution in [0.25, 0.3) is 0 Å². The van der Waals surface area contributed by atoms with Crippen LogP contribution in [0, 0.1) is 0 Å². The second-order valence-corrected chi connectivity index (χ2v) is 9.24. The molecule has 1 heterocycles. The van der Waals surface area contributed by atoms with Gasteiger partial charge in [-0.05, 0) is 12.1 Å². The van der Waals surface area contributed by atoms with Gasteiger partial charge in [0.2, 0.25) is 5.91 Å². The molecule has 1 aliphatic rings. The lowest BCUT2D eigenvalue weighted by Crippen LogP contribution is -2.40. The van der Waals surface area contributed by atoms with E-state index in [1.807, 2.05) is 24.3 Å². The minimum Gasteiger partial charge on any atom is -0.493 e. The van der Waals surface area contributed by atoms with Gasteiger partial charge in [-0.2, -0.15) is 0 Å². The molecular weight excluding hydrogens is 430 g/mol. The van der Waals surface area contributed by atoms with Gasteiger partial charge in [0.1, 0.15) is 17.7 Å². The molecule has 0 aliphatic carbocycles. The van der Waals surface area contributed by atoms with Crippen LogP contribution in [0.1, 0.15) is 0 Å². The summed E-state index contributed by atoms with van der Waals surface area (Å²) in [6, 6.07) is 7.41. The third-order valence-electron chi connectivity index (χ3n) is 4.30. The van der Waals surface area contributed by atoms with Crippen LogP contribution in [0.5, 0.6) is 11.5 Å². The van der Waals surface area contributed by atoms with Crippen LogP contribution in [0.3, 0.4) is 0 Å². The minimum atomic E-state index is -1.26. The van der Waals surface area contributed by atoms with E-state index in [0.29, 0.717) is 63.4 Å². The first kappa shape index (κ1) is 24.9. The van der Waals surface area contributed by atoms with Crippen LogP contribution >= 0.6 is 11.8 Å². The number of carbonyl (C=O) groups is 1. The summed E-state index contributed by atoms with van der Waals surface area (Å²) in [7, 11) is 1.95. The molecule has 0 saturated carbocycles. The summed E-state index contributed by atoms with van der Waals surface area (Å²) in [4.78, 5) is 14.4. The molecule has 1 saturated heterocycles. The van der Waals surface area contributed by atoms with E-state index >= 15 is 0 Å². The molecular formula is C20H31NO7S2. The highest BCUT2D eigenvalue weighted by Gasteiger charge is 2.30. The maximum atomic E-state index is 12.6. The molecule has 0 N–H and O–H groups in total. The van der Waals surface area contributed by atoms with E-state index in [1.54, 1.807) is 30.9 Å². The summed E-state index contributed by atoms with van der Waals surface area (Å²) in [5.74, 6) is 2.35. The molecule has 0 bridgehead atoms. The van der Waals surface area contributed by atoms with Crippen LogP contribution < -0.4 is 9.47 Å². The Morgan fingerprint density at radius 2 is 1.80 bits per heavy atom. The Morgan fingerprint density at radius 3 is 2.53 bits per heavy atom. The zero-order chi connectivity index (χ0) is 21.6. The zero-order valence-electron chi connectivity index (χ0n) is 17.6. The molecule has 1 fully saturated rings. The van der Waals surface area contributed by atoms with Crippen LogP contribution in [0.2, 0.25) is 0 Å². The number of thioether (sulfide) groups is 1. The number of methoxy groups -OCH3 is 2. The maximum absolute atomic E-state index is 12.6. The smallest absolute Gasteiger partial charge is 0.236 e. The van der Waals surface area contributed by atoms with Gasteiger partial charge in [0, 0.05) is 36.0 Å². The molecule has 2 atom stereocenters. The van der Waals surface area contributed by atoms with Gasteiger partial charge in [-0.25, -0.2) is 0 Å². The van der Waals surface area contributed by atoms with Gasteiger partial charge in [0.05, 0.1) is 40.1 Å². The molecule has 0 radical (unpaired) electrons. The molecule has 170 valence electrons. The summed E-state index contributed by atoms with van der Waals surface area (Å²) in [5.41, 5.74) is 0. The zero-order valence-corrected chi connectivity index (χ0v) is 19.2. The fourth-order valence-electron chi connectivity index (χ4n) is 2.75. The number of para-hydroxylation sites is 2. The van der Waals surface area contributed by atoms with Crippen molar-refractivity contribution in [2.75, 3.05) is 77.7 Å². The van der Waals surface area contributed by atoms with Crippen LogP contribution in [-0.2, 0) is 29.8 Å². The molecule has 1 aromatic rings. The summed E-state index contributed by atoms with van der Waals surface area (Å²) < 4.78 is 39.0. The number of carbonyl (C=O) groups excluding carboxylic acids is 1. The highest BCUT2D eigenvalue weighted by Crippen LogP contribution is 2.29. The average molecular weight is 462 g/mol. The van der Waals surface area contributed by atoms with Crippen LogP contribution in [-0.4, -0.2) is 98.1 Å². The van der Waals surface area contributed by atoms with Gasteiger partial charge in [-0.1, -0.05) is 12.1 Å². The van der Waals surface area contributed by atoms with Crippen molar-refractivity contribution in [3.63, 3.8) is 0 Å². The fraction of sp³-hybridized carbons (Fsp3) is 0.650. The molecule has 0 spiro atoms. The predicted molar refractivity (Wildman–Crippen MR) is 118 cm³/mol. The second kappa shape index (κ2) is 14.6. The summed E-state index contributed by atoms with van der Waals surface area (Å²) in [5, 5.41) is -0.0973. The monoisotopic (exact) mass is 461 g/mol. The molecule has 1 unspecified atom stereocenters. The van der Waals surface area contributed by atoms with E-state index < -0.39 is 10.8 Å². The van der Waals surface area contributed by atoms with Gasteiger partial charge < -0.3 is 28.6 Å². The predicted octanol–water partition coefficient (Wildman–Crippen LogP) is 1.40. The first-order chi connectivity index (χ1) is 14.7. The first-order valence-electron chi connectivity index (χ1n) is 9.82. The minimum absolute atomic E-state index is 0.000578. The molecule has 30 heavy (non-hydrogen) atoms. The molecule has 1 aliphatic heterocycles. The highest BCUT2D eigenvalue weighted by atomic mass is 32.2. The lowest BCUT2D eigenvalue weighted by molar-refractivity contribution is -0.128. The third kappa shape index (κ3) is 8.81. The van der Waals surface area contributed by atoms with Crippen molar-refractivity contribution in [2.45, 2.75) is 5.37 Å². The molecule has 1 aromatic carbocycles. The molecule has 8 nitrogen and oxygen atoms in total. The lowest BCUT2D eigenvalue weighted by atomic mass is 10.3. The summed E-state index contributed by atoms with van der Waals surface area (Å²) in [6.07, 6.45) is 0. The highest BCUT2D eigenvalue weighted by molar-refractivity contribution is 8.00. The first-order valence-corrected chi connectivity index (χ1v) is 12.4. The normalized spacial score (nSPS) is 17.1. The Balaban J connectivity index is 1.66. The largest absolute Gasteiger partial charge is 0.493 e. The number of amides is 1. The van der Waals surface area contributed by atoms with E-state index in [0.717, 1.165) is 5.75 Å². The van der Waals surface area contributed by atoms with Gasteiger partial charge in [-0.15, -0.1) is 11.8 Å². The van der Waals surface area contributed by atoms with E-state index in [4.69, 9.17) is 23.7 Å². The second-order valence-electron chi connectivity index (χ2n) is 6.38. The number of nitrogens with zero attached hydrogens (tertiary/aromatic N) is 1. The molecule has 0 aromatic heterocycles. The Kier molecular flexibility index (Phi) is 12.2. The van der Waals surface area contributed by atoms with E-state index in [9.17, 15) is 9.00 Å². The van der Waals surface area contributed by atoms with Crippen molar-refractivity contribution >= 4 is 28.5 Å². The van der Waals surface area contributed by atoms with Crippen molar-refractivity contribution in [1.82, 2.24) is 4.90 Å². The van der Waals surface area contributed by atoms with E-state index in [1.165, 1.54) is 0 Å². The average Bonchev–Trinajstić information content (AvgIpc) is 3.23. The van der Waals surface area contributed by atoms with Crippen molar-refractivity contribution in [3.05, 3.63) is 24.3 Å². The number of ether oxygens (including phenoxy) is 5. The van der Waals surface area contributed by atoms with Crippen LogP contribution in [0.4, 0.5) is 0 Å². The quantitative estimate of drug-likeness (QED) is 0.363. The Bertz CT molecular complexity index is 662. The summed E-state index contributed by atoms with van der Waals surface area (Å²) >= 11 is 1.66. The molecule has 1 amide bonds. The number of hydrogen-bond donors (Lipinski definition) is 0. The maximum Gasteiger partial charge on any atom is 0.236 e. The van der Waals surface area contributed by atoms with Crippen molar-refractivity contribution < 1.29 is 32.7 Å². The van der Waals surface area contributed by atoms with E-state index in [-0.39, 0.29) is 17.0 Å². The van der Waals surface area contributed by atoms with Crippen molar-refractivity contribution in [3.8, 4) is 11.5 Å². The Morgan fingerprint density at radius 1 is 1.10 bits per heavy atom. The molecule has 2 rings (SSSR count). The van der Waals surface area contributed by atoms with Gasteiger partial charge in [-0.3, -0.25) is 9.00 Å². The van der Waals surface area contributed by atoms with Gasteiger partial charge in [0.15, 0.2) is 11.5 Å². The Hall–Kier alpha value is -1.33. The lowest BCUT2D eigenvalue weighted by Gasteiger charge is -2.24. The SMILES string of the molecule is COCCOCCOCCS(=O)CC(=O)N1CCS[C@H]1COc1ccccc1OC. The van der Waals surface area contributed by atoms with Crippen molar-refractivity contribution in [2.24, 2.45) is 0 Å². The van der Waals surface area contributed by atoms with Gasteiger partial charge >= 0.3 is 0 Å². The topological polar surface area (TPSA) is 83.5 Å². The van der Waals surface area contributed by atoms with Gasteiger partial charge in [0.25, 0.3) is 0 Å². The Labute approximate surface area is 185 Å². The third-order valence-corrected chi connectivity index (χ3v) is 6.69. The number of rotatable bonds is 15.